The van der Waals surface area contributed by atoms with Gasteiger partial charge in [-0.15, -0.1) is 0 Å². The Morgan fingerprint density at radius 3 is 2.75 bits per heavy atom. The third-order valence-electron chi connectivity index (χ3n) is 2.99. The van der Waals surface area contributed by atoms with Crippen molar-refractivity contribution in [2.24, 2.45) is 12.8 Å². The van der Waals surface area contributed by atoms with Crippen LogP contribution in [0.1, 0.15) is 31.4 Å². The Balaban J connectivity index is 2.25. The summed E-state index contributed by atoms with van der Waals surface area (Å²) in [5.41, 5.74) is 7.42. The van der Waals surface area contributed by atoms with Crippen molar-refractivity contribution in [2.45, 2.75) is 31.2 Å². The molecular weight excluding hydrogens is 150 g/mol. The highest BCUT2D eigenvalue weighted by molar-refractivity contribution is 5.19. The SMILES string of the molecule is CC(c1ccnn1C)C1(N)CC1. The summed E-state index contributed by atoms with van der Waals surface area (Å²) in [5, 5.41) is 4.14. The zero-order chi connectivity index (χ0) is 8.77. The Kier molecular flexibility index (Phi) is 1.51. The summed E-state index contributed by atoms with van der Waals surface area (Å²) < 4.78 is 1.91. The molecule has 3 heteroatoms. The summed E-state index contributed by atoms with van der Waals surface area (Å²) in [6.45, 7) is 2.18. The predicted octanol–water partition coefficient (Wildman–Crippen LogP) is 1.01. The van der Waals surface area contributed by atoms with Crippen LogP contribution in [0.2, 0.25) is 0 Å². The van der Waals surface area contributed by atoms with Gasteiger partial charge in [0.25, 0.3) is 0 Å². The second-order valence-electron chi connectivity index (χ2n) is 3.83. The third-order valence-corrected chi connectivity index (χ3v) is 2.99. The van der Waals surface area contributed by atoms with Gasteiger partial charge in [-0.2, -0.15) is 5.10 Å². The molecule has 1 aromatic rings. The Labute approximate surface area is 72.6 Å². The highest BCUT2D eigenvalue weighted by atomic mass is 15.3. The minimum atomic E-state index is 0.0633. The minimum Gasteiger partial charge on any atom is -0.325 e. The van der Waals surface area contributed by atoms with Crippen LogP contribution in [-0.2, 0) is 7.05 Å². The van der Waals surface area contributed by atoms with Crippen molar-refractivity contribution >= 4 is 0 Å². The van der Waals surface area contributed by atoms with Crippen molar-refractivity contribution < 1.29 is 0 Å². The second kappa shape index (κ2) is 2.33. The topological polar surface area (TPSA) is 43.8 Å². The smallest absolute Gasteiger partial charge is 0.0492 e. The van der Waals surface area contributed by atoms with E-state index in [4.69, 9.17) is 5.73 Å². The zero-order valence-electron chi connectivity index (χ0n) is 7.62. The Morgan fingerprint density at radius 1 is 1.67 bits per heavy atom. The Hall–Kier alpha value is -0.830. The highest BCUT2D eigenvalue weighted by Crippen LogP contribution is 2.44. The molecule has 0 aromatic carbocycles. The molecule has 0 saturated heterocycles. The van der Waals surface area contributed by atoms with Crippen LogP contribution in [0.4, 0.5) is 0 Å². The van der Waals surface area contributed by atoms with Gasteiger partial charge in [0.15, 0.2) is 0 Å². The van der Waals surface area contributed by atoms with Crippen molar-refractivity contribution in [3.8, 4) is 0 Å². The molecular formula is C9H15N3. The van der Waals surface area contributed by atoms with E-state index in [0.29, 0.717) is 5.92 Å². The van der Waals surface area contributed by atoms with Crippen LogP contribution in [0.5, 0.6) is 0 Å². The maximum absolute atomic E-state index is 6.11. The number of rotatable bonds is 2. The first kappa shape index (κ1) is 7.80. The Morgan fingerprint density at radius 2 is 2.33 bits per heavy atom. The van der Waals surface area contributed by atoms with Crippen molar-refractivity contribution in [1.82, 2.24) is 9.78 Å². The molecule has 0 spiro atoms. The highest BCUT2D eigenvalue weighted by Gasteiger charge is 2.44. The molecule has 1 saturated carbocycles. The standard InChI is InChI=1S/C9H15N3/c1-7(9(10)4-5-9)8-3-6-11-12(8)2/h3,6-7H,4-5,10H2,1-2H3. The molecule has 0 bridgehead atoms. The van der Waals surface area contributed by atoms with Gasteiger partial charge in [-0.25, -0.2) is 0 Å². The van der Waals surface area contributed by atoms with Crippen LogP contribution in [0.3, 0.4) is 0 Å². The zero-order valence-corrected chi connectivity index (χ0v) is 7.62. The van der Waals surface area contributed by atoms with Gasteiger partial charge in [0.1, 0.15) is 0 Å². The van der Waals surface area contributed by atoms with E-state index in [2.05, 4.69) is 18.1 Å². The van der Waals surface area contributed by atoms with E-state index in [0.717, 1.165) is 12.8 Å². The Bertz CT molecular complexity index is 286. The van der Waals surface area contributed by atoms with Crippen LogP contribution in [0, 0.1) is 0 Å². The number of aryl methyl sites for hydroxylation is 1. The van der Waals surface area contributed by atoms with Crippen molar-refractivity contribution in [1.29, 1.82) is 0 Å². The van der Waals surface area contributed by atoms with Crippen molar-refractivity contribution in [3.05, 3.63) is 18.0 Å². The molecule has 0 radical (unpaired) electrons. The van der Waals surface area contributed by atoms with Gasteiger partial charge in [-0.3, -0.25) is 4.68 Å². The molecule has 1 unspecified atom stereocenters. The summed E-state index contributed by atoms with van der Waals surface area (Å²) in [5.74, 6) is 0.435. The predicted molar refractivity (Wildman–Crippen MR) is 47.8 cm³/mol. The summed E-state index contributed by atoms with van der Waals surface area (Å²) in [6, 6.07) is 2.05. The summed E-state index contributed by atoms with van der Waals surface area (Å²) >= 11 is 0. The fraction of sp³-hybridized carbons (Fsp3) is 0.667. The van der Waals surface area contributed by atoms with Gasteiger partial charge in [0.2, 0.25) is 0 Å². The van der Waals surface area contributed by atoms with Gasteiger partial charge in [-0.1, -0.05) is 6.92 Å². The summed E-state index contributed by atoms with van der Waals surface area (Å²) in [7, 11) is 1.97. The van der Waals surface area contributed by atoms with Crippen molar-refractivity contribution in [2.75, 3.05) is 0 Å². The van der Waals surface area contributed by atoms with E-state index >= 15 is 0 Å². The maximum Gasteiger partial charge on any atom is 0.0492 e. The number of nitrogens with zero attached hydrogens (tertiary/aromatic N) is 2. The summed E-state index contributed by atoms with van der Waals surface area (Å²) in [4.78, 5) is 0. The molecule has 2 N–H and O–H groups in total. The number of nitrogens with two attached hydrogens (primary N) is 1. The van der Waals surface area contributed by atoms with Gasteiger partial charge >= 0.3 is 0 Å². The lowest BCUT2D eigenvalue weighted by Gasteiger charge is -2.18. The lowest BCUT2D eigenvalue weighted by Crippen LogP contribution is -2.29. The van der Waals surface area contributed by atoms with E-state index < -0.39 is 0 Å². The fourth-order valence-corrected chi connectivity index (χ4v) is 1.68. The van der Waals surface area contributed by atoms with Crippen LogP contribution in [0.15, 0.2) is 12.3 Å². The molecule has 0 aliphatic heterocycles. The molecule has 1 aliphatic carbocycles. The molecule has 1 fully saturated rings. The number of hydrogen-bond donors (Lipinski definition) is 1. The molecule has 66 valence electrons. The van der Waals surface area contributed by atoms with Crippen LogP contribution >= 0.6 is 0 Å². The molecule has 1 heterocycles. The largest absolute Gasteiger partial charge is 0.325 e. The van der Waals surface area contributed by atoms with Crippen LogP contribution in [0.25, 0.3) is 0 Å². The molecule has 1 atom stereocenters. The molecule has 2 rings (SSSR count). The molecule has 12 heavy (non-hydrogen) atoms. The van der Waals surface area contributed by atoms with Gasteiger partial charge in [0.05, 0.1) is 0 Å². The monoisotopic (exact) mass is 165 g/mol. The average molecular weight is 165 g/mol. The maximum atomic E-state index is 6.11. The molecule has 3 nitrogen and oxygen atoms in total. The van der Waals surface area contributed by atoms with E-state index in [1.807, 2.05) is 17.9 Å². The second-order valence-corrected chi connectivity index (χ2v) is 3.83. The quantitative estimate of drug-likeness (QED) is 0.711. The van der Waals surface area contributed by atoms with Crippen LogP contribution < -0.4 is 5.73 Å². The minimum absolute atomic E-state index is 0.0633. The van der Waals surface area contributed by atoms with E-state index in [1.165, 1.54) is 5.69 Å². The first-order chi connectivity index (χ1) is 5.63. The van der Waals surface area contributed by atoms with Gasteiger partial charge < -0.3 is 5.73 Å². The molecule has 1 aliphatic rings. The summed E-state index contributed by atoms with van der Waals surface area (Å²) in [6.07, 6.45) is 4.14. The van der Waals surface area contributed by atoms with E-state index in [9.17, 15) is 0 Å². The molecule has 0 amide bonds. The van der Waals surface area contributed by atoms with Gasteiger partial charge in [-0.05, 0) is 18.9 Å². The third kappa shape index (κ3) is 1.05. The van der Waals surface area contributed by atoms with Crippen molar-refractivity contribution in [3.63, 3.8) is 0 Å². The van der Waals surface area contributed by atoms with E-state index in [-0.39, 0.29) is 5.54 Å². The first-order valence-corrected chi connectivity index (χ1v) is 4.40. The van der Waals surface area contributed by atoms with Gasteiger partial charge in [0, 0.05) is 30.4 Å². The first-order valence-electron chi connectivity index (χ1n) is 4.40. The number of hydrogen-bond acceptors (Lipinski definition) is 2. The average Bonchev–Trinajstić information content (AvgIpc) is 2.63. The lowest BCUT2D eigenvalue weighted by molar-refractivity contribution is 0.517. The van der Waals surface area contributed by atoms with Crippen LogP contribution in [-0.4, -0.2) is 15.3 Å². The van der Waals surface area contributed by atoms with E-state index in [1.54, 1.807) is 0 Å². The normalized spacial score (nSPS) is 22.2. The lowest BCUT2D eigenvalue weighted by atomic mass is 9.97. The number of aromatic nitrogens is 2. The molecule has 1 aromatic heterocycles. The fourth-order valence-electron chi connectivity index (χ4n) is 1.68.